The molecule has 9 heteroatoms. The highest BCUT2D eigenvalue weighted by Gasteiger charge is 2.38. The van der Waals surface area contributed by atoms with Gasteiger partial charge in [0.15, 0.2) is 0 Å². The fraction of sp³-hybridized carbons (Fsp3) is 0.600. The van der Waals surface area contributed by atoms with Crippen LogP contribution in [0.15, 0.2) is 20.1 Å². The van der Waals surface area contributed by atoms with Gasteiger partial charge in [0, 0.05) is 11.0 Å². The molecule has 1 rings (SSSR count). The van der Waals surface area contributed by atoms with Crippen molar-refractivity contribution in [2.45, 2.75) is 24.2 Å². The van der Waals surface area contributed by atoms with E-state index in [-0.39, 0.29) is 21.1 Å². The predicted molar refractivity (Wildman–Crippen MR) is 71.7 cm³/mol. The van der Waals surface area contributed by atoms with Crippen molar-refractivity contribution in [1.29, 1.82) is 0 Å². The van der Waals surface area contributed by atoms with Gasteiger partial charge in [0.05, 0.1) is 0 Å². The zero-order valence-corrected chi connectivity index (χ0v) is 13.5. The summed E-state index contributed by atoms with van der Waals surface area (Å²) in [5.74, 6) is -0.198. The highest BCUT2D eigenvalue weighted by atomic mass is 79.9. The number of alkyl halides is 3. The van der Waals surface area contributed by atoms with Crippen molar-refractivity contribution in [3.05, 3.63) is 15.9 Å². The first-order valence-corrected chi connectivity index (χ1v) is 8.45. The molecule has 1 aromatic rings. The molecule has 0 amide bonds. The Morgan fingerprint density at radius 2 is 2.00 bits per heavy atom. The van der Waals surface area contributed by atoms with E-state index in [1.807, 2.05) is 0 Å². The smallest absolute Gasteiger partial charge is 0.206 e. The highest BCUT2D eigenvalue weighted by Crippen LogP contribution is 2.32. The molecule has 0 aromatic carbocycles. The Balaban J connectivity index is 3.13. The van der Waals surface area contributed by atoms with E-state index < -0.39 is 22.7 Å². The van der Waals surface area contributed by atoms with Crippen LogP contribution in [0, 0.1) is 5.92 Å². The first kappa shape index (κ1) is 16.9. The summed E-state index contributed by atoms with van der Waals surface area (Å²) >= 11 is 3.93. The lowest BCUT2D eigenvalue weighted by molar-refractivity contribution is -0.136. The number of halogens is 4. The molecular weight excluding hydrogens is 367 g/mol. The Morgan fingerprint density at radius 3 is 2.37 bits per heavy atom. The SMILES string of the molecule is CC(C)CN(CC(F)(F)F)S(=O)(=O)c1sccc1Br. The lowest BCUT2D eigenvalue weighted by Crippen LogP contribution is -2.40. The molecule has 0 aliphatic heterocycles. The van der Waals surface area contributed by atoms with E-state index in [1.165, 1.54) is 11.4 Å². The molecule has 0 saturated heterocycles. The van der Waals surface area contributed by atoms with E-state index in [1.54, 1.807) is 13.8 Å². The van der Waals surface area contributed by atoms with Gasteiger partial charge in [-0.25, -0.2) is 8.42 Å². The Bertz CT molecular complexity index is 525. The van der Waals surface area contributed by atoms with Crippen molar-refractivity contribution in [1.82, 2.24) is 4.31 Å². The largest absolute Gasteiger partial charge is 0.402 e. The van der Waals surface area contributed by atoms with Crippen LogP contribution in [0.2, 0.25) is 0 Å². The minimum absolute atomic E-state index is 0.0996. The second kappa shape index (κ2) is 6.11. The lowest BCUT2D eigenvalue weighted by atomic mass is 10.2. The average Bonchev–Trinajstić information content (AvgIpc) is 2.61. The minimum atomic E-state index is -4.56. The van der Waals surface area contributed by atoms with Gasteiger partial charge in [-0.3, -0.25) is 0 Å². The molecule has 0 atom stereocenters. The standard InChI is InChI=1S/C10H13BrF3NO2S2/c1-7(2)5-15(6-10(12,13)14)19(16,17)9-8(11)3-4-18-9/h3-4,7H,5-6H2,1-2H3. The van der Waals surface area contributed by atoms with Gasteiger partial charge in [-0.1, -0.05) is 13.8 Å². The Kier molecular flexibility index (Phi) is 5.44. The van der Waals surface area contributed by atoms with Gasteiger partial charge in [-0.15, -0.1) is 11.3 Å². The predicted octanol–water partition coefficient (Wildman–Crippen LogP) is 3.72. The summed E-state index contributed by atoms with van der Waals surface area (Å²) in [7, 11) is -4.13. The zero-order chi connectivity index (χ0) is 14.8. The van der Waals surface area contributed by atoms with Crippen molar-refractivity contribution in [3.8, 4) is 0 Å². The van der Waals surface area contributed by atoms with Crippen LogP contribution in [-0.4, -0.2) is 32.0 Å². The van der Waals surface area contributed by atoms with Crippen LogP contribution in [0.25, 0.3) is 0 Å². The molecule has 0 unspecified atom stereocenters. The summed E-state index contributed by atoms with van der Waals surface area (Å²) in [6.45, 7) is 1.69. The fourth-order valence-corrected chi connectivity index (χ4v) is 5.47. The number of thiophene rings is 1. The van der Waals surface area contributed by atoms with Gasteiger partial charge in [0.1, 0.15) is 10.8 Å². The summed E-state index contributed by atoms with van der Waals surface area (Å²) in [5.41, 5.74) is 0. The van der Waals surface area contributed by atoms with Gasteiger partial charge in [0.2, 0.25) is 0 Å². The molecule has 0 aliphatic rings. The van der Waals surface area contributed by atoms with Crippen molar-refractivity contribution >= 4 is 37.3 Å². The van der Waals surface area contributed by atoms with Crippen LogP contribution >= 0.6 is 27.3 Å². The van der Waals surface area contributed by atoms with Gasteiger partial charge in [-0.2, -0.15) is 17.5 Å². The molecule has 1 heterocycles. The van der Waals surface area contributed by atoms with Gasteiger partial charge < -0.3 is 0 Å². The van der Waals surface area contributed by atoms with Crippen LogP contribution in [0.4, 0.5) is 13.2 Å². The third-order valence-corrected chi connectivity index (χ3v) is 6.54. The summed E-state index contributed by atoms with van der Waals surface area (Å²) in [6, 6.07) is 1.50. The maximum absolute atomic E-state index is 12.5. The average molecular weight is 380 g/mol. The lowest BCUT2D eigenvalue weighted by Gasteiger charge is -2.24. The van der Waals surface area contributed by atoms with Gasteiger partial charge >= 0.3 is 6.18 Å². The second-order valence-corrected chi connectivity index (χ2v) is 8.27. The van der Waals surface area contributed by atoms with E-state index in [9.17, 15) is 21.6 Å². The van der Waals surface area contributed by atoms with E-state index in [0.29, 0.717) is 4.31 Å². The molecule has 1 aromatic heterocycles. The number of hydrogen-bond acceptors (Lipinski definition) is 3. The van der Waals surface area contributed by atoms with Crippen molar-refractivity contribution < 1.29 is 21.6 Å². The number of hydrogen-bond donors (Lipinski definition) is 0. The topological polar surface area (TPSA) is 37.4 Å². The fourth-order valence-electron chi connectivity index (χ4n) is 1.44. The number of rotatable bonds is 5. The molecule has 0 spiro atoms. The summed E-state index contributed by atoms with van der Waals surface area (Å²) in [5, 5.41) is 1.51. The van der Waals surface area contributed by atoms with Gasteiger partial charge in [0.25, 0.3) is 10.0 Å². The van der Waals surface area contributed by atoms with Crippen LogP contribution in [0.5, 0.6) is 0 Å². The van der Waals surface area contributed by atoms with Crippen LogP contribution in [0.1, 0.15) is 13.8 Å². The first-order chi connectivity index (χ1) is 8.54. The van der Waals surface area contributed by atoms with Crippen molar-refractivity contribution in [3.63, 3.8) is 0 Å². The van der Waals surface area contributed by atoms with Crippen molar-refractivity contribution in [2.24, 2.45) is 5.92 Å². The molecule has 0 saturated carbocycles. The second-order valence-electron chi connectivity index (χ2n) is 4.36. The molecule has 0 N–H and O–H groups in total. The maximum atomic E-state index is 12.5. The van der Waals surface area contributed by atoms with Crippen molar-refractivity contribution in [2.75, 3.05) is 13.1 Å². The van der Waals surface area contributed by atoms with Crippen LogP contribution in [0.3, 0.4) is 0 Å². The quantitative estimate of drug-likeness (QED) is 0.781. The maximum Gasteiger partial charge on any atom is 0.402 e. The zero-order valence-electron chi connectivity index (χ0n) is 10.2. The van der Waals surface area contributed by atoms with E-state index >= 15 is 0 Å². The Morgan fingerprint density at radius 1 is 1.42 bits per heavy atom. The summed E-state index contributed by atoms with van der Waals surface area (Å²) < 4.78 is 62.7. The van der Waals surface area contributed by atoms with E-state index in [0.717, 1.165) is 11.3 Å². The van der Waals surface area contributed by atoms with E-state index in [2.05, 4.69) is 15.9 Å². The normalized spacial score (nSPS) is 13.5. The minimum Gasteiger partial charge on any atom is -0.206 e. The van der Waals surface area contributed by atoms with E-state index in [4.69, 9.17) is 0 Å². The third-order valence-electron chi connectivity index (χ3n) is 2.08. The third kappa shape index (κ3) is 4.73. The summed E-state index contributed by atoms with van der Waals surface area (Å²) in [4.78, 5) is 0. The molecule has 3 nitrogen and oxygen atoms in total. The molecule has 0 fully saturated rings. The molecule has 0 aliphatic carbocycles. The number of nitrogens with zero attached hydrogens (tertiary/aromatic N) is 1. The Labute approximate surface area is 122 Å². The summed E-state index contributed by atoms with van der Waals surface area (Å²) in [6.07, 6.45) is -4.56. The highest BCUT2D eigenvalue weighted by molar-refractivity contribution is 9.10. The molecule has 19 heavy (non-hydrogen) atoms. The van der Waals surface area contributed by atoms with Crippen LogP contribution in [-0.2, 0) is 10.0 Å². The monoisotopic (exact) mass is 379 g/mol. The molecule has 0 radical (unpaired) electrons. The number of sulfonamides is 1. The molecule has 110 valence electrons. The van der Waals surface area contributed by atoms with Gasteiger partial charge in [-0.05, 0) is 33.3 Å². The Hall–Kier alpha value is -0.120. The van der Waals surface area contributed by atoms with Crippen LogP contribution < -0.4 is 0 Å². The first-order valence-electron chi connectivity index (χ1n) is 5.34. The molecular formula is C10H13BrF3NO2S2. The molecule has 0 bridgehead atoms.